The molecule has 0 atom stereocenters. The molecule has 34 heavy (non-hydrogen) atoms. The molecule has 3 amide bonds. The van der Waals surface area contributed by atoms with E-state index in [0.29, 0.717) is 37.0 Å². The van der Waals surface area contributed by atoms with Gasteiger partial charge in [-0.25, -0.2) is 0 Å². The Bertz CT molecular complexity index is 980. The molecule has 3 heterocycles. The van der Waals surface area contributed by atoms with Gasteiger partial charge in [0.1, 0.15) is 0 Å². The van der Waals surface area contributed by atoms with E-state index in [1.54, 1.807) is 12.4 Å². The van der Waals surface area contributed by atoms with Crippen molar-refractivity contribution >= 4 is 29.5 Å². The fraction of sp³-hybridized carbons (Fsp3) is 0.565. The SMILES string of the molecule is CCN(CC(=O)NC(C)C)C(=O)CSc1nnc(CN2CCCCCC2=O)n1-c1cccnc1. The number of rotatable bonds is 10. The van der Waals surface area contributed by atoms with Crippen molar-refractivity contribution in [3.63, 3.8) is 0 Å². The Kier molecular flexibility index (Phi) is 9.43. The Morgan fingerprint density at radius 3 is 2.76 bits per heavy atom. The van der Waals surface area contributed by atoms with Gasteiger partial charge >= 0.3 is 0 Å². The van der Waals surface area contributed by atoms with Crippen molar-refractivity contribution in [3.05, 3.63) is 30.4 Å². The standard InChI is InChI=1S/C23H33N7O3S/c1-4-28(15-20(31)25-17(2)3)22(33)16-34-23-27-26-19(30(23)18-9-8-11-24-13-18)14-29-12-7-5-6-10-21(29)32/h8-9,11,13,17H,4-7,10,12,14-16H2,1-3H3,(H,25,31). The molecule has 2 aromatic heterocycles. The van der Waals surface area contributed by atoms with Crippen LogP contribution in [0.25, 0.3) is 5.69 Å². The van der Waals surface area contributed by atoms with E-state index in [0.717, 1.165) is 24.9 Å². The molecular formula is C23H33N7O3S. The summed E-state index contributed by atoms with van der Waals surface area (Å²) >= 11 is 1.26. The van der Waals surface area contributed by atoms with Gasteiger partial charge in [-0.2, -0.15) is 0 Å². The maximum absolute atomic E-state index is 12.8. The number of likely N-dealkylation sites (tertiary alicyclic amines) is 1. The molecule has 1 N–H and O–H groups in total. The number of hydrogen-bond donors (Lipinski definition) is 1. The third-order valence-electron chi connectivity index (χ3n) is 5.45. The molecule has 0 unspecified atom stereocenters. The molecule has 1 saturated heterocycles. The minimum absolute atomic E-state index is 0.0169. The molecule has 0 spiro atoms. The number of thioether (sulfide) groups is 1. The first kappa shape index (κ1) is 25.7. The van der Waals surface area contributed by atoms with Crippen LogP contribution in [-0.4, -0.2) is 78.7 Å². The summed E-state index contributed by atoms with van der Waals surface area (Å²) in [6.45, 7) is 7.12. The second-order valence-electron chi connectivity index (χ2n) is 8.49. The summed E-state index contributed by atoms with van der Waals surface area (Å²) in [4.78, 5) is 45.0. The quantitative estimate of drug-likeness (QED) is 0.510. The monoisotopic (exact) mass is 487 g/mol. The highest BCUT2D eigenvalue weighted by Gasteiger charge is 2.23. The van der Waals surface area contributed by atoms with Crippen molar-refractivity contribution in [2.24, 2.45) is 0 Å². The van der Waals surface area contributed by atoms with Crippen LogP contribution in [-0.2, 0) is 20.9 Å². The number of amides is 3. The van der Waals surface area contributed by atoms with E-state index >= 15 is 0 Å². The number of nitrogens with one attached hydrogen (secondary N) is 1. The molecule has 11 heteroatoms. The first-order valence-corrected chi connectivity index (χ1v) is 12.7. The summed E-state index contributed by atoms with van der Waals surface area (Å²) in [5.74, 6) is 0.529. The molecule has 1 aliphatic heterocycles. The molecule has 0 saturated carbocycles. The Morgan fingerprint density at radius 1 is 1.24 bits per heavy atom. The number of carbonyl (C=O) groups excluding carboxylic acids is 3. The van der Waals surface area contributed by atoms with Crippen molar-refractivity contribution in [1.29, 1.82) is 0 Å². The molecule has 184 valence electrons. The predicted octanol–water partition coefficient (Wildman–Crippen LogP) is 2.03. The lowest BCUT2D eigenvalue weighted by Gasteiger charge is -2.21. The van der Waals surface area contributed by atoms with Crippen LogP contribution >= 0.6 is 11.8 Å². The molecule has 0 aromatic carbocycles. The van der Waals surface area contributed by atoms with Crippen LogP contribution in [0.4, 0.5) is 0 Å². The summed E-state index contributed by atoms with van der Waals surface area (Å²) in [6.07, 6.45) is 6.87. The second-order valence-corrected chi connectivity index (χ2v) is 9.43. The zero-order valence-electron chi connectivity index (χ0n) is 20.1. The maximum atomic E-state index is 12.8. The fourth-order valence-electron chi connectivity index (χ4n) is 3.75. The lowest BCUT2D eigenvalue weighted by Crippen LogP contribution is -2.43. The zero-order valence-corrected chi connectivity index (χ0v) is 20.9. The Labute approximate surface area is 204 Å². The van der Waals surface area contributed by atoms with Crippen LogP contribution in [0.2, 0.25) is 0 Å². The summed E-state index contributed by atoms with van der Waals surface area (Å²) in [6, 6.07) is 3.73. The summed E-state index contributed by atoms with van der Waals surface area (Å²) in [5, 5.41) is 12.0. The van der Waals surface area contributed by atoms with Crippen LogP contribution in [0.5, 0.6) is 0 Å². The summed E-state index contributed by atoms with van der Waals surface area (Å²) < 4.78 is 1.85. The van der Waals surface area contributed by atoms with Crippen molar-refractivity contribution in [1.82, 2.24) is 34.9 Å². The highest BCUT2D eigenvalue weighted by atomic mass is 32.2. The lowest BCUT2D eigenvalue weighted by atomic mass is 10.2. The number of likely N-dealkylation sites (N-methyl/N-ethyl adjacent to an activating group) is 1. The molecule has 1 fully saturated rings. The highest BCUT2D eigenvalue weighted by Crippen LogP contribution is 2.24. The molecule has 3 rings (SSSR count). The Balaban J connectivity index is 1.75. The zero-order chi connectivity index (χ0) is 24.5. The largest absolute Gasteiger partial charge is 0.352 e. The van der Waals surface area contributed by atoms with Gasteiger partial charge in [0.2, 0.25) is 17.7 Å². The smallest absolute Gasteiger partial charge is 0.239 e. The summed E-state index contributed by atoms with van der Waals surface area (Å²) in [5.41, 5.74) is 0.767. The molecule has 2 aromatic rings. The number of carbonyl (C=O) groups is 3. The van der Waals surface area contributed by atoms with E-state index in [2.05, 4.69) is 20.5 Å². The van der Waals surface area contributed by atoms with E-state index < -0.39 is 0 Å². The molecular weight excluding hydrogens is 454 g/mol. The van der Waals surface area contributed by atoms with Crippen molar-refractivity contribution < 1.29 is 14.4 Å². The van der Waals surface area contributed by atoms with E-state index in [-0.39, 0.29) is 36.1 Å². The molecule has 0 radical (unpaired) electrons. The predicted molar refractivity (Wildman–Crippen MR) is 129 cm³/mol. The number of hydrogen-bond acceptors (Lipinski definition) is 7. The van der Waals surface area contributed by atoms with E-state index in [4.69, 9.17) is 0 Å². The normalized spacial score (nSPS) is 14.2. The number of nitrogens with zero attached hydrogens (tertiary/aromatic N) is 6. The van der Waals surface area contributed by atoms with Crippen molar-refractivity contribution in [2.75, 3.05) is 25.4 Å². The number of pyridine rings is 1. The average molecular weight is 488 g/mol. The van der Waals surface area contributed by atoms with Gasteiger partial charge in [0.15, 0.2) is 11.0 Å². The molecule has 0 aliphatic carbocycles. The fourth-order valence-corrected chi connectivity index (χ4v) is 4.63. The number of aromatic nitrogens is 4. The van der Waals surface area contributed by atoms with Gasteiger partial charge in [-0.1, -0.05) is 18.2 Å². The lowest BCUT2D eigenvalue weighted by molar-refractivity contribution is -0.134. The van der Waals surface area contributed by atoms with Crippen molar-refractivity contribution in [3.8, 4) is 5.69 Å². The van der Waals surface area contributed by atoms with Gasteiger partial charge in [0, 0.05) is 31.7 Å². The minimum Gasteiger partial charge on any atom is -0.352 e. The Hall–Kier alpha value is -2.95. The van der Waals surface area contributed by atoms with Gasteiger partial charge in [0.05, 0.1) is 30.7 Å². The van der Waals surface area contributed by atoms with Crippen LogP contribution in [0.1, 0.15) is 52.3 Å². The topological polar surface area (TPSA) is 113 Å². The van der Waals surface area contributed by atoms with Crippen LogP contribution in [0.3, 0.4) is 0 Å². The molecule has 10 nitrogen and oxygen atoms in total. The van der Waals surface area contributed by atoms with Gasteiger partial charge in [-0.3, -0.25) is 23.9 Å². The van der Waals surface area contributed by atoms with Crippen LogP contribution < -0.4 is 5.32 Å². The molecule has 1 aliphatic rings. The van der Waals surface area contributed by atoms with Gasteiger partial charge in [-0.15, -0.1) is 10.2 Å². The third-order valence-corrected chi connectivity index (χ3v) is 6.37. The minimum atomic E-state index is -0.182. The van der Waals surface area contributed by atoms with Crippen molar-refractivity contribution in [2.45, 2.75) is 64.2 Å². The Morgan fingerprint density at radius 2 is 2.06 bits per heavy atom. The van der Waals surface area contributed by atoms with Gasteiger partial charge in [-0.05, 0) is 45.7 Å². The van der Waals surface area contributed by atoms with E-state index in [1.165, 1.54) is 16.7 Å². The van der Waals surface area contributed by atoms with E-state index in [9.17, 15) is 14.4 Å². The third kappa shape index (κ3) is 7.02. The van der Waals surface area contributed by atoms with E-state index in [1.807, 2.05) is 42.4 Å². The average Bonchev–Trinajstić information content (AvgIpc) is 3.10. The highest BCUT2D eigenvalue weighted by molar-refractivity contribution is 7.99. The maximum Gasteiger partial charge on any atom is 0.239 e. The first-order valence-electron chi connectivity index (χ1n) is 11.7. The second kappa shape index (κ2) is 12.5. The van der Waals surface area contributed by atoms with Gasteiger partial charge < -0.3 is 15.1 Å². The van der Waals surface area contributed by atoms with Crippen LogP contribution in [0, 0.1) is 0 Å². The first-order chi connectivity index (χ1) is 16.4. The molecule has 0 bridgehead atoms. The summed E-state index contributed by atoms with van der Waals surface area (Å²) in [7, 11) is 0. The van der Waals surface area contributed by atoms with Crippen LogP contribution in [0.15, 0.2) is 29.7 Å². The van der Waals surface area contributed by atoms with Gasteiger partial charge in [0.25, 0.3) is 0 Å².